The number of benzene rings is 2. The molecule has 0 saturated heterocycles. The van der Waals surface area contributed by atoms with Crippen molar-refractivity contribution in [2.24, 2.45) is 0 Å². The van der Waals surface area contributed by atoms with Crippen LogP contribution in [0.3, 0.4) is 0 Å². The van der Waals surface area contributed by atoms with Crippen molar-refractivity contribution in [3.63, 3.8) is 0 Å². The number of nitrogen functional groups attached to an aromatic ring is 1. The van der Waals surface area contributed by atoms with Crippen LogP contribution in [0.5, 0.6) is 0 Å². The normalized spacial score (nSPS) is 11.0. The van der Waals surface area contributed by atoms with Crippen molar-refractivity contribution < 1.29 is 22.7 Å². The largest absolute Gasteiger partial charge is 0.452 e. The molecule has 0 aliphatic heterocycles. The topological polar surface area (TPSA) is 153 Å². The standard InChI is InChI=1S/C18H17N5O5S2/c1-11-21-22-18(29-11)23-30(26,27)15-7-5-14(6-8-15)20-16(24)10-28-17(25)12-3-2-4-13(19)9-12/h2-9H,10,19H2,1H3,(H,20,24)(H,22,23). The highest BCUT2D eigenvalue weighted by Crippen LogP contribution is 2.20. The molecular weight excluding hydrogens is 430 g/mol. The molecule has 1 aromatic heterocycles. The van der Waals surface area contributed by atoms with Gasteiger partial charge < -0.3 is 15.8 Å². The maximum Gasteiger partial charge on any atom is 0.338 e. The molecule has 30 heavy (non-hydrogen) atoms. The van der Waals surface area contributed by atoms with Gasteiger partial charge in [0.05, 0.1) is 10.5 Å². The number of aromatic nitrogens is 2. The van der Waals surface area contributed by atoms with E-state index in [-0.39, 0.29) is 15.6 Å². The average Bonchev–Trinajstić information content (AvgIpc) is 3.10. The molecule has 0 saturated carbocycles. The first-order valence-electron chi connectivity index (χ1n) is 8.48. The first kappa shape index (κ1) is 21.2. The van der Waals surface area contributed by atoms with Gasteiger partial charge in [0.1, 0.15) is 5.01 Å². The monoisotopic (exact) mass is 447 g/mol. The smallest absolute Gasteiger partial charge is 0.338 e. The number of amides is 1. The molecule has 0 fully saturated rings. The lowest BCUT2D eigenvalue weighted by Crippen LogP contribution is -2.21. The molecule has 0 radical (unpaired) electrons. The number of ether oxygens (including phenoxy) is 1. The summed E-state index contributed by atoms with van der Waals surface area (Å²) in [4.78, 5) is 23.9. The van der Waals surface area contributed by atoms with Crippen LogP contribution >= 0.6 is 11.3 Å². The molecule has 12 heteroatoms. The fourth-order valence-electron chi connectivity index (χ4n) is 2.31. The number of nitrogens with zero attached hydrogens (tertiary/aromatic N) is 2. The zero-order chi connectivity index (χ0) is 21.7. The summed E-state index contributed by atoms with van der Waals surface area (Å²) in [6, 6.07) is 11.7. The molecule has 0 atom stereocenters. The number of nitrogens with one attached hydrogen (secondary N) is 2. The van der Waals surface area contributed by atoms with E-state index in [1.165, 1.54) is 36.4 Å². The summed E-state index contributed by atoms with van der Waals surface area (Å²) in [5.41, 5.74) is 6.57. The van der Waals surface area contributed by atoms with Gasteiger partial charge in [-0.3, -0.25) is 9.52 Å². The molecule has 0 aliphatic carbocycles. The maximum absolute atomic E-state index is 12.4. The Hall–Kier alpha value is -3.51. The van der Waals surface area contributed by atoms with Crippen molar-refractivity contribution in [1.29, 1.82) is 0 Å². The molecule has 10 nitrogen and oxygen atoms in total. The lowest BCUT2D eigenvalue weighted by atomic mass is 10.2. The zero-order valence-electron chi connectivity index (χ0n) is 15.7. The Morgan fingerprint density at radius 3 is 2.50 bits per heavy atom. The highest BCUT2D eigenvalue weighted by molar-refractivity contribution is 7.93. The molecule has 0 spiro atoms. The van der Waals surface area contributed by atoms with E-state index in [0.29, 0.717) is 16.4 Å². The highest BCUT2D eigenvalue weighted by Gasteiger charge is 2.17. The SMILES string of the molecule is Cc1nnc(NS(=O)(=O)c2ccc(NC(=O)COC(=O)c3cccc(N)c3)cc2)s1. The number of sulfonamides is 1. The summed E-state index contributed by atoms with van der Waals surface area (Å²) in [6.45, 7) is 1.20. The zero-order valence-corrected chi connectivity index (χ0v) is 17.3. The average molecular weight is 447 g/mol. The predicted molar refractivity (Wildman–Crippen MR) is 112 cm³/mol. The minimum atomic E-state index is -3.84. The van der Waals surface area contributed by atoms with Gasteiger partial charge in [0.25, 0.3) is 15.9 Å². The second-order valence-electron chi connectivity index (χ2n) is 6.01. The molecule has 4 N–H and O–H groups in total. The van der Waals surface area contributed by atoms with Gasteiger partial charge in [0.2, 0.25) is 5.13 Å². The van der Waals surface area contributed by atoms with Crippen LogP contribution in [0.15, 0.2) is 53.4 Å². The molecule has 2 aromatic carbocycles. The fourth-order valence-corrected chi connectivity index (χ4v) is 4.13. The quantitative estimate of drug-likeness (QED) is 0.367. The van der Waals surface area contributed by atoms with E-state index >= 15 is 0 Å². The van der Waals surface area contributed by atoms with Crippen LogP contribution in [0.1, 0.15) is 15.4 Å². The third-order valence-corrected chi connectivity index (χ3v) is 5.89. The number of carbonyl (C=O) groups is 2. The van der Waals surface area contributed by atoms with Gasteiger partial charge in [-0.25, -0.2) is 13.2 Å². The molecule has 156 valence electrons. The number of rotatable bonds is 7. The number of hydrogen-bond donors (Lipinski definition) is 3. The summed E-state index contributed by atoms with van der Waals surface area (Å²) in [7, 11) is -3.84. The Morgan fingerprint density at radius 2 is 1.87 bits per heavy atom. The third kappa shape index (κ3) is 5.52. The minimum absolute atomic E-state index is 0.0125. The van der Waals surface area contributed by atoms with Crippen LogP contribution in [0.2, 0.25) is 0 Å². The summed E-state index contributed by atoms with van der Waals surface area (Å²) in [5.74, 6) is -1.26. The molecule has 0 aliphatic rings. The summed E-state index contributed by atoms with van der Waals surface area (Å²) >= 11 is 1.11. The molecule has 3 aromatic rings. The second-order valence-corrected chi connectivity index (χ2v) is 8.87. The van der Waals surface area contributed by atoms with Crippen LogP contribution in [0.4, 0.5) is 16.5 Å². The number of hydrogen-bond acceptors (Lipinski definition) is 9. The van der Waals surface area contributed by atoms with Crippen molar-refractivity contribution in [3.8, 4) is 0 Å². The van der Waals surface area contributed by atoms with Crippen LogP contribution in [-0.2, 0) is 19.6 Å². The number of esters is 1. The van der Waals surface area contributed by atoms with E-state index in [9.17, 15) is 18.0 Å². The Morgan fingerprint density at radius 1 is 1.13 bits per heavy atom. The van der Waals surface area contributed by atoms with Crippen molar-refractivity contribution in [3.05, 3.63) is 59.1 Å². The van der Waals surface area contributed by atoms with Gasteiger partial charge >= 0.3 is 5.97 Å². The van der Waals surface area contributed by atoms with E-state index in [0.717, 1.165) is 11.3 Å². The van der Waals surface area contributed by atoms with Crippen LogP contribution < -0.4 is 15.8 Å². The fraction of sp³-hybridized carbons (Fsp3) is 0.111. The summed E-state index contributed by atoms with van der Waals surface area (Å²) in [6.07, 6.45) is 0. The number of nitrogens with two attached hydrogens (primary N) is 1. The molecule has 0 bridgehead atoms. The molecule has 0 unspecified atom stereocenters. The molecular formula is C18H17N5O5S2. The van der Waals surface area contributed by atoms with Gasteiger partial charge in [-0.15, -0.1) is 10.2 Å². The highest BCUT2D eigenvalue weighted by atomic mass is 32.2. The van der Waals surface area contributed by atoms with Gasteiger partial charge in [0.15, 0.2) is 6.61 Å². The van der Waals surface area contributed by atoms with Gasteiger partial charge in [-0.2, -0.15) is 0 Å². The Labute approximate surface area is 176 Å². The van der Waals surface area contributed by atoms with Crippen molar-refractivity contribution >= 4 is 49.7 Å². The predicted octanol–water partition coefficient (Wildman–Crippen LogP) is 2.03. The number of aryl methyl sites for hydroxylation is 1. The van der Waals surface area contributed by atoms with Crippen molar-refractivity contribution in [2.45, 2.75) is 11.8 Å². The Bertz CT molecular complexity index is 1180. The molecule has 3 rings (SSSR count). The third-order valence-electron chi connectivity index (χ3n) is 3.65. The Balaban J connectivity index is 1.55. The van der Waals surface area contributed by atoms with Crippen LogP contribution in [0.25, 0.3) is 0 Å². The van der Waals surface area contributed by atoms with Gasteiger partial charge in [-0.1, -0.05) is 17.4 Å². The number of carbonyl (C=O) groups excluding carboxylic acids is 2. The van der Waals surface area contributed by atoms with E-state index in [1.54, 1.807) is 19.1 Å². The maximum atomic E-state index is 12.4. The lowest BCUT2D eigenvalue weighted by Gasteiger charge is -2.08. The van der Waals surface area contributed by atoms with Crippen molar-refractivity contribution in [2.75, 3.05) is 22.4 Å². The van der Waals surface area contributed by atoms with Crippen LogP contribution in [0, 0.1) is 6.92 Å². The van der Waals surface area contributed by atoms with Crippen molar-refractivity contribution in [1.82, 2.24) is 10.2 Å². The molecule has 1 heterocycles. The molecule has 1 amide bonds. The second kappa shape index (κ2) is 8.88. The van der Waals surface area contributed by atoms with Gasteiger partial charge in [0, 0.05) is 11.4 Å². The van der Waals surface area contributed by atoms with E-state index in [4.69, 9.17) is 10.5 Å². The first-order valence-corrected chi connectivity index (χ1v) is 10.8. The lowest BCUT2D eigenvalue weighted by molar-refractivity contribution is -0.119. The Kier molecular flexibility index (Phi) is 6.28. The van der Waals surface area contributed by atoms with E-state index in [1.807, 2.05) is 0 Å². The summed E-state index contributed by atoms with van der Waals surface area (Å²) in [5, 5.41) is 10.8. The summed E-state index contributed by atoms with van der Waals surface area (Å²) < 4.78 is 32.0. The number of anilines is 3. The van der Waals surface area contributed by atoms with E-state index < -0.39 is 28.5 Å². The first-order chi connectivity index (χ1) is 14.2. The van der Waals surface area contributed by atoms with Crippen LogP contribution in [-0.4, -0.2) is 37.1 Å². The van der Waals surface area contributed by atoms with Gasteiger partial charge in [-0.05, 0) is 49.4 Å². The minimum Gasteiger partial charge on any atom is -0.452 e. The van der Waals surface area contributed by atoms with E-state index in [2.05, 4.69) is 20.2 Å².